The number of carboxylic acid groups (broad SMARTS) is 1. The van der Waals surface area contributed by atoms with Crippen LogP contribution < -0.4 is 26.6 Å². The van der Waals surface area contributed by atoms with E-state index in [0.29, 0.717) is 5.56 Å². The summed E-state index contributed by atoms with van der Waals surface area (Å²) >= 11 is 0. The number of H-pyrrole nitrogens is 1. The molecule has 0 spiro atoms. The van der Waals surface area contributed by atoms with Gasteiger partial charge in [0.25, 0.3) is 0 Å². The Bertz CT molecular complexity index is 1390. The van der Waals surface area contributed by atoms with Gasteiger partial charge in [0, 0.05) is 30.1 Å². The van der Waals surface area contributed by atoms with E-state index >= 15 is 0 Å². The van der Waals surface area contributed by atoms with Crippen LogP contribution in [0.3, 0.4) is 0 Å². The molecular formula is C27H30N6O6. The first-order chi connectivity index (χ1) is 18.6. The van der Waals surface area contributed by atoms with Crippen LogP contribution in [0.25, 0.3) is 10.9 Å². The van der Waals surface area contributed by atoms with Crippen LogP contribution in [0.5, 0.6) is 0 Å². The van der Waals surface area contributed by atoms with Gasteiger partial charge in [0.1, 0.15) is 11.6 Å². The minimum atomic E-state index is -1.44. The van der Waals surface area contributed by atoms with Crippen molar-refractivity contribution < 1.29 is 29.1 Å². The second-order valence-corrected chi connectivity index (χ2v) is 9.58. The van der Waals surface area contributed by atoms with Crippen LogP contribution in [0, 0.1) is 0 Å². The minimum absolute atomic E-state index is 0.0604. The summed E-state index contributed by atoms with van der Waals surface area (Å²) in [4.78, 5) is 66.5. The third kappa shape index (κ3) is 6.72. The Hall–Kier alpha value is -4.87. The maximum absolute atomic E-state index is 13.6. The third-order valence-corrected chi connectivity index (χ3v) is 6.53. The van der Waals surface area contributed by atoms with Gasteiger partial charge in [-0.25, -0.2) is 4.79 Å². The number of fused-ring (bicyclic) bond motifs is 1. The monoisotopic (exact) mass is 534 g/mol. The van der Waals surface area contributed by atoms with Gasteiger partial charge in [-0.1, -0.05) is 48.5 Å². The quantitative estimate of drug-likeness (QED) is 0.253. The van der Waals surface area contributed by atoms with E-state index in [4.69, 9.17) is 0 Å². The summed E-state index contributed by atoms with van der Waals surface area (Å²) in [5.41, 5.74) is 0.892. The van der Waals surface area contributed by atoms with Crippen LogP contribution in [0.2, 0.25) is 0 Å². The number of aliphatic carboxylic acids is 1. The molecule has 0 saturated carbocycles. The van der Waals surface area contributed by atoms with Crippen LogP contribution >= 0.6 is 0 Å². The van der Waals surface area contributed by atoms with Crippen molar-refractivity contribution in [3.63, 3.8) is 0 Å². The SMILES string of the molecule is C[C@@]1(Cc2c[nH]c3ccccc23)NC(=O)NCC(=O)N[C@@H](CC(=O)O)C(=O)N[C@@H](c2ccccc2)CNC1=O. The van der Waals surface area contributed by atoms with Gasteiger partial charge in [-0.2, -0.15) is 0 Å². The van der Waals surface area contributed by atoms with Crippen molar-refractivity contribution in [1.82, 2.24) is 31.6 Å². The molecule has 0 bridgehead atoms. The first-order valence-electron chi connectivity index (χ1n) is 12.4. The van der Waals surface area contributed by atoms with Crippen LogP contribution in [0.4, 0.5) is 4.79 Å². The molecule has 1 fully saturated rings. The number of carboxylic acids is 1. The van der Waals surface area contributed by atoms with Crippen molar-refractivity contribution in [2.24, 2.45) is 0 Å². The molecular weight excluding hydrogens is 504 g/mol. The number of carbonyl (C=O) groups excluding carboxylic acids is 4. The highest BCUT2D eigenvalue weighted by Crippen LogP contribution is 2.23. The summed E-state index contributed by atoms with van der Waals surface area (Å²) in [5.74, 6) is -3.30. The fourth-order valence-corrected chi connectivity index (χ4v) is 4.52. The molecule has 7 N–H and O–H groups in total. The van der Waals surface area contributed by atoms with Gasteiger partial charge < -0.3 is 36.7 Å². The molecule has 12 nitrogen and oxygen atoms in total. The second-order valence-electron chi connectivity index (χ2n) is 9.58. The molecule has 3 aromatic rings. The van der Waals surface area contributed by atoms with Gasteiger partial charge in [-0.05, 0) is 24.1 Å². The van der Waals surface area contributed by atoms with Crippen LogP contribution in [0.15, 0.2) is 60.8 Å². The van der Waals surface area contributed by atoms with E-state index in [1.165, 1.54) is 0 Å². The van der Waals surface area contributed by atoms with E-state index in [1.807, 2.05) is 24.3 Å². The van der Waals surface area contributed by atoms with E-state index in [-0.39, 0.29) is 13.0 Å². The van der Waals surface area contributed by atoms with E-state index in [9.17, 15) is 29.1 Å². The van der Waals surface area contributed by atoms with Crippen LogP contribution in [-0.2, 0) is 25.6 Å². The summed E-state index contributed by atoms with van der Waals surface area (Å²) in [6.45, 7) is 0.978. The zero-order valence-corrected chi connectivity index (χ0v) is 21.2. The second kappa shape index (κ2) is 11.7. The number of aromatic amines is 1. The number of nitrogens with one attached hydrogen (secondary N) is 6. The molecule has 5 amide bonds. The summed E-state index contributed by atoms with van der Waals surface area (Å²) < 4.78 is 0. The van der Waals surface area contributed by atoms with Crippen LogP contribution in [0.1, 0.15) is 30.5 Å². The number of urea groups is 1. The normalized spacial score (nSPS) is 23.0. The molecule has 12 heteroatoms. The first-order valence-corrected chi connectivity index (χ1v) is 12.4. The highest BCUT2D eigenvalue weighted by atomic mass is 16.4. The molecule has 0 radical (unpaired) electrons. The topological polar surface area (TPSA) is 182 Å². The average molecular weight is 535 g/mol. The Morgan fingerprint density at radius 3 is 2.44 bits per heavy atom. The number of benzene rings is 2. The van der Waals surface area contributed by atoms with Gasteiger partial charge in [0.05, 0.1) is 19.0 Å². The lowest BCUT2D eigenvalue weighted by molar-refractivity contribution is -0.140. The van der Waals surface area contributed by atoms with Crippen molar-refractivity contribution in [3.8, 4) is 0 Å². The van der Waals surface area contributed by atoms with Crippen molar-refractivity contribution in [2.75, 3.05) is 13.1 Å². The Morgan fingerprint density at radius 2 is 1.69 bits per heavy atom. The summed E-state index contributed by atoms with van der Waals surface area (Å²) in [6.07, 6.45) is 1.24. The van der Waals surface area contributed by atoms with E-state index in [0.717, 1.165) is 16.5 Å². The largest absolute Gasteiger partial charge is 0.481 e. The minimum Gasteiger partial charge on any atom is -0.481 e. The zero-order chi connectivity index (χ0) is 28.0. The van der Waals surface area contributed by atoms with Crippen molar-refractivity contribution >= 4 is 40.6 Å². The highest BCUT2D eigenvalue weighted by molar-refractivity contribution is 5.95. The Labute approximate surface area is 223 Å². The Balaban J connectivity index is 1.65. The van der Waals surface area contributed by atoms with Crippen LogP contribution in [-0.4, -0.2) is 64.5 Å². The van der Waals surface area contributed by atoms with E-state index < -0.39 is 60.3 Å². The summed E-state index contributed by atoms with van der Waals surface area (Å²) in [7, 11) is 0. The number of aromatic nitrogens is 1. The fourth-order valence-electron chi connectivity index (χ4n) is 4.52. The molecule has 1 aliphatic heterocycles. The van der Waals surface area contributed by atoms with Gasteiger partial charge in [0.15, 0.2) is 0 Å². The maximum atomic E-state index is 13.6. The number of hydrogen-bond donors (Lipinski definition) is 7. The first kappa shape index (κ1) is 27.2. The number of carbonyl (C=O) groups is 5. The molecule has 0 aliphatic carbocycles. The summed E-state index contributed by atoms with van der Waals surface area (Å²) in [6, 6.07) is 13.5. The lowest BCUT2D eigenvalue weighted by atomic mass is 9.91. The molecule has 3 atom stereocenters. The smallest absolute Gasteiger partial charge is 0.316 e. The predicted molar refractivity (Wildman–Crippen MR) is 141 cm³/mol. The molecule has 1 aromatic heterocycles. The van der Waals surface area contributed by atoms with E-state index in [2.05, 4.69) is 31.6 Å². The highest BCUT2D eigenvalue weighted by Gasteiger charge is 2.37. The molecule has 2 aromatic carbocycles. The van der Waals surface area contributed by atoms with Crippen molar-refractivity contribution in [2.45, 2.75) is 37.4 Å². The molecule has 0 unspecified atom stereocenters. The Morgan fingerprint density at radius 1 is 0.974 bits per heavy atom. The lowest BCUT2D eigenvalue weighted by Gasteiger charge is -2.31. The summed E-state index contributed by atoms with van der Waals surface area (Å²) in [5, 5.41) is 23.2. The number of para-hydroxylation sites is 1. The number of hydrogen-bond acceptors (Lipinski definition) is 5. The number of amides is 5. The fraction of sp³-hybridized carbons (Fsp3) is 0.296. The zero-order valence-electron chi connectivity index (χ0n) is 21.2. The number of rotatable bonds is 5. The standard InChI is InChI=1S/C27H30N6O6/c1-27(12-17-13-28-19-10-6-5-9-18(17)19)25(38)29-14-21(16-7-3-2-4-8-16)32-24(37)20(11-23(35)36)31-22(34)15-30-26(39)33-27/h2-10,13,20-21,28H,11-12,14-15H2,1H3,(H,29,38)(H,31,34)(H,32,37)(H,35,36)(H2,30,33,39)/t20-,21+,27-/m0/s1. The molecule has 2 heterocycles. The maximum Gasteiger partial charge on any atom is 0.316 e. The Kier molecular flexibility index (Phi) is 8.13. The molecule has 4 rings (SSSR count). The van der Waals surface area contributed by atoms with Gasteiger partial charge in [-0.15, -0.1) is 0 Å². The third-order valence-electron chi connectivity index (χ3n) is 6.53. The van der Waals surface area contributed by atoms with Crippen molar-refractivity contribution in [3.05, 3.63) is 71.9 Å². The van der Waals surface area contributed by atoms with Gasteiger partial charge in [0.2, 0.25) is 17.7 Å². The molecule has 39 heavy (non-hydrogen) atoms. The molecule has 1 aliphatic rings. The lowest BCUT2D eigenvalue weighted by Crippen LogP contribution is -2.62. The predicted octanol–water partition coefficient (Wildman–Crippen LogP) is 0.715. The average Bonchev–Trinajstić information content (AvgIpc) is 3.31. The molecule has 1 saturated heterocycles. The van der Waals surface area contributed by atoms with E-state index in [1.54, 1.807) is 43.5 Å². The van der Waals surface area contributed by atoms with Gasteiger partial charge >= 0.3 is 12.0 Å². The van der Waals surface area contributed by atoms with Crippen molar-refractivity contribution in [1.29, 1.82) is 0 Å². The van der Waals surface area contributed by atoms with Gasteiger partial charge in [-0.3, -0.25) is 19.2 Å². The molecule has 204 valence electrons.